The van der Waals surface area contributed by atoms with Crippen molar-refractivity contribution in [2.45, 2.75) is 9.79 Å². The molecule has 197 valence electrons. The van der Waals surface area contributed by atoms with Gasteiger partial charge >= 0.3 is 0 Å². The van der Waals surface area contributed by atoms with Gasteiger partial charge in [0.2, 0.25) is 0 Å². The average molecular weight is 594 g/mol. The first-order valence-electron chi connectivity index (χ1n) is 9.95. The molecular weight excluding hydrogens is 576 g/mol. The fourth-order valence-electron chi connectivity index (χ4n) is 3.32. The Morgan fingerprint density at radius 2 is 1.41 bits per heavy atom. The number of aromatic hydroxyl groups is 2. The molecule has 0 spiro atoms. The first kappa shape index (κ1) is 27.9. The van der Waals surface area contributed by atoms with Crippen molar-refractivity contribution in [1.82, 2.24) is 0 Å². The number of hydrogen-bond donors (Lipinski definition) is 6. The normalized spacial score (nSPS) is 11.9. The number of benzene rings is 4. The third-order valence-electron chi connectivity index (χ3n) is 5.08. The Morgan fingerprint density at radius 3 is 2.05 bits per heavy atom. The molecule has 37 heavy (non-hydrogen) atoms. The van der Waals surface area contributed by atoms with Gasteiger partial charge in [-0.2, -0.15) is 16.8 Å². The van der Waals surface area contributed by atoms with Crippen LogP contribution in [0.4, 0.5) is 28.4 Å². The molecule has 4 aromatic rings. The summed E-state index contributed by atoms with van der Waals surface area (Å²) in [6.07, 6.45) is 0. The van der Waals surface area contributed by atoms with Crippen molar-refractivity contribution in [2.24, 2.45) is 10.2 Å². The average Bonchev–Trinajstić information content (AvgIpc) is 2.80. The minimum Gasteiger partial charge on any atom is -0.506 e. The van der Waals surface area contributed by atoms with Crippen LogP contribution in [0.25, 0.3) is 10.8 Å². The zero-order valence-electron chi connectivity index (χ0n) is 18.4. The standard InChI is InChI=1S/C22H18N4O8S2.Cu/c23-16-10-14(36(32,33)34)11-19(22(16)28)25-26-21-15-9-13(35(29,30)31)7-5-12(15)6-8-18(21)24-17-3-1-2-4-20(17)27;/h1-11,24,27-28H,23H2,(H,29,30,31)(H,32,33,34);. The van der Waals surface area contributed by atoms with Gasteiger partial charge in [0.05, 0.1) is 26.9 Å². The number of hydrogen-bond acceptors (Lipinski definition) is 10. The fraction of sp³-hybridized carbons (Fsp3) is 0. The Bertz CT molecular complexity index is 1760. The molecule has 0 aliphatic heterocycles. The largest absolute Gasteiger partial charge is 0.506 e. The van der Waals surface area contributed by atoms with E-state index in [2.05, 4.69) is 15.5 Å². The molecule has 7 N–H and O–H groups in total. The van der Waals surface area contributed by atoms with Gasteiger partial charge in [0.25, 0.3) is 20.2 Å². The van der Waals surface area contributed by atoms with Gasteiger partial charge in [-0.15, -0.1) is 10.2 Å². The van der Waals surface area contributed by atoms with Crippen molar-refractivity contribution in [1.29, 1.82) is 0 Å². The van der Waals surface area contributed by atoms with Crippen LogP contribution in [-0.2, 0) is 37.3 Å². The van der Waals surface area contributed by atoms with Gasteiger partial charge in [0.1, 0.15) is 17.1 Å². The number of anilines is 3. The number of fused-ring (bicyclic) bond motifs is 1. The van der Waals surface area contributed by atoms with E-state index in [1.807, 2.05) is 0 Å². The molecule has 0 aliphatic carbocycles. The van der Waals surface area contributed by atoms with Crippen LogP contribution in [0.2, 0.25) is 0 Å². The SMILES string of the molecule is Nc1cc(S(=O)(=O)O)cc(N=Nc2c(Nc3ccccc3O)ccc3ccc(S(=O)(=O)O)cc23)c1O.[Cu]. The summed E-state index contributed by atoms with van der Waals surface area (Å²) in [6.45, 7) is 0. The first-order valence-corrected chi connectivity index (χ1v) is 12.8. The summed E-state index contributed by atoms with van der Waals surface area (Å²) in [5.41, 5.74) is 5.36. The number of nitrogens with zero attached hydrogens (tertiary/aromatic N) is 2. The van der Waals surface area contributed by atoms with Crippen LogP contribution in [0.3, 0.4) is 0 Å². The summed E-state index contributed by atoms with van der Waals surface area (Å²) in [5.74, 6) is -0.710. The number of para-hydroxylation sites is 2. The number of azo groups is 1. The molecule has 15 heteroatoms. The van der Waals surface area contributed by atoms with Crippen molar-refractivity contribution in [3.8, 4) is 11.5 Å². The van der Waals surface area contributed by atoms with Crippen molar-refractivity contribution >= 4 is 59.4 Å². The van der Waals surface area contributed by atoms with Gasteiger partial charge in [-0.05, 0) is 47.9 Å². The Hall–Kier alpha value is -3.72. The molecule has 0 atom stereocenters. The molecule has 0 saturated carbocycles. The number of phenolic OH excluding ortho intramolecular Hbond substituents is 2. The number of nitrogens with two attached hydrogens (primary N) is 1. The third-order valence-corrected chi connectivity index (χ3v) is 6.77. The number of nitrogen functional groups attached to an aromatic ring is 1. The van der Waals surface area contributed by atoms with Crippen LogP contribution in [0.1, 0.15) is 0 Å². The van der Waals surface area contributed by atoms with E-state index in [9.17, 15) is 36.2 Å². The smallest absolute Gasteiger partial charge is 0.294 e. The summed E-state index contributed by atoms with van der Waals surface area (Å²) >= 11 is 0. The summed E-state index contributed by atoms with van der Waals surface area (Å²) < 4.78 is 65.4. The maximum atomic E-state index is 11.7. The van der Waals surface area contributed by atoms with Gasteiger partial charge in [0.15, 0.2) is 5.75 Å². The molecule has 0 saturated heterocycles. The van der Waals surface area contributed by atoms with Crippen LogP contribution >= 0.6 is 0 Å². The number of rotatable bonds is 6. The third kappa shape index (κ3) is 5.99. The van der Waals surface area contributed by atoms with Crippen molar-refractivity contribution in [3.63, 3.8) is 0 Å². The molecule has 1 radical (unpaired) electrons. The second-order valence-electron chi connectivity index (χ2n) is 7.52. The number of phenols is 2. The van der Waals surface area contributed by atoms with E-state index in [1.54, 1.807) is 30.3 Å². The Kier molecular flexibility index (Phi) is 7.78. The van der Waals surface area contributed by atoms with Crippen molar-refractivity contribution in [2.75, 3.05) is 11.1 Å². The molecule has 0 amide bonds. The zero-order chi connectivity index (χ0) is 26.3. The van der Waals surface area contributed by atoms with Crippen LogP contribution in [0.5, 0.6) is 11.5 Å². The predicted molar refractivity (Wildman–Crippen MR) is 132 cm³/mol. The molecule has 0 unspecified atom stereocenters. The molecule has 4 aromatic carbocycles. The van der Waals surface area contributed by atoms with Gasteiger partial charge in [-0.1, -0.05) is 24.3 Å². The maximum Gasteiger partial charge on any atom is 0.294 e. The van der Waals surface area contributed by atoms with E-state index in [0.29, 0.717) is 5.39 Å². The van der Waals surface area contributed by atoms with E-state index < -0.39 is 47.2 Å². The molecule has 0 aliphatic rings. The monoisotopic (exact) mass is 593 g/mol. The summed E-state index contributed by atoms with van der Waals surface area (Å²) in [7, 11) is -9.26. The van der Waals surface area contributed by atoms with Crippen LogP contribution in [0.15, 0.2) is 86.7 Å². The Morgan fingerprint density at radius 1 is 0.757 bits per heavy atom. The summed E-state index contributed by atoms with van der Waals surface area (Å²) in [5, 5.41) is 32.0. The van der Waals surface area contributed by atoms with Crippen molar-refractivity contribution < 1.29 is 53.2 Å². The van der Waals surface area contributed by atoms with Crippen LogP contribution in [0, 0.1) is 0 Å². The second kappa shape index (κ2) is 10.3. The van der Waals surface area contributed by atoms with E-state index in [4.69, 9.17) is 5.73 Å². The van der Waals surface area contributed by atoms with Gasteiger partial charge in [-0.3, -0.25) is 9.11 Å². The summed E-state index contributed by atoms with van der Waals surface area (Å²) in [6, 6.07) is 14.9. The molecular formula is C22H18CuN4O8S2. The predicted octanol–water partition coefficient (Wildman–Crippen LogP) is 4.48. The molecule has 0 fully saturated rings. The zero-order valence-corrected chi connectivity index (χ0v) is 20.9. The number of nitrogens with one attached hydrogen (secondary N) is 1. The Labute approximate surface area is 221 Å². The minimum atomic E-state index is -4.69. The van der Waals surface area contributed by atoms with Crippen LogP contribution in [-0.4, -0.2) is 36.2 Å². The van der Waals surface area contributed by atoms with E-state index in [-0.39, 0.29) is 45.3 Å². The van der Waals surface area contributed by atoms with Gasteiger partial charge in [0, 0.05) is 22.5 Å². The molecule has 0 heterocycles. The molecule has 12 nitrogen and oxygen atoms in total. The topological polar surface area (TPSA) is 212 Å². The molecule has 0 aromatic heterocycles. The molecule has 0 bridgehead atoms. The van der Waals surface area contributed by atoms with E-state index in [1.165, 1.54) is 18.2 Å². The molecule has 4 rings (SSSR count). The first-order chi connectivity index (χ1) is 16.8. The van der Waals surface area contributed by atoms with Gasteiger partial charge < -0.3 is 21.3 Å². The second-order valence-corrected chi connectivity index (χ2v) is 10.4. The maximum absolute atomic E-state index is 11.7. The fourth-order valence-corrected chi connectivity index (χ4v) is 4.36. The van der Waals surface area contributed by atoms with E-state index >= 15 is 0 Å². The van der Waals surface area contributed by atoms with Crippen LogP contribution < -0.4 is 11.1 Å². The van der Waals surface area contributed by atoms with E-state index in [0.717, 1.165) is 18.2 Å². The van der Waals surface area contributed by atoms with Gasteiger partial charge in [-0.25, -0.2) is 0 Å². The summed E-state index contributed by atoms with van der Waals surface area (Å²) in [4.78, 5) is -1.06. The Balaban J connectivity index is 0.00000380. The quantitative estimate of drug-likeness (QED) is 0.0606. The van der Waals surface area contributed by atoms with Crippen molar-refractivity contribution in [3.05, 3.63) is 66.7 Å². The minimum absolute atomic E-state index is 0.